The van der Waals surface area contributed by atoms with Crippen LogP contribution in [0.4, 0.5) is 11.6 Å². The van der Waals surface area contributed by atoms with E-state index in [4.69, 9.17) is 5.73 Å². The summed E-state index contributed by atoms with van der Waals surface area (Å²) in [4.78, 5) is 8.55. The Balaban J connectivity index is 2.14. The number of aliphatic hydroxyl groups excluding tert-OH is 1. The third kappa shape index (κ3) is 2.41. The molecule has 16 heavy (non-hydrogen) atoms. The summed E-state index contributed by atoms with van der Waals surface area (Å²) in [5.41, 5.74) is 5.55. The van der Waals surface area contributed by atoms with Gasteiger partial charge in [0, 0.05) is 12.5 Å². The molecule has 88 valence electrons. The molecule has 5 heteroatoms. The molecule has 1 aliphatic carbocycles. The van der Waals surface area contributed by atoms with Gasteiger partial charge in [0.25, 0.3) is 0 Å². The molecule has 5 nitrogen and oxygen atoms in total. The van der Waals surface area contributed by atoms with Gasteiger partial charge in [0.15, 0.2) is 0 Å². The van der Waals surface area contributed by atoms with Crippen molar-refractivity contribution in [2.45, 2.75) is 38.1 Å². The number of aliphatic hydroxyl groups is 1. The highest BCUT2D eigenvalue weighted by Gasteiger charge is 2.42. The average molecular weight is 222 g/mol. The Kier molecular flexibility index (Phi) is 2.96. The van der Waals surface area contributed by atoms with Gasteiger partial charge in [0.05, 0.1) is 12.1 Å². The van der Waals surface area contributed by atoms with Gasteiger partial charge in [-0.25, -0.2) is 9.97 Å². The molecule has 4 N–H and O–H groups in total. The van der Waals surface area contributed by atoms with E-state index in [9.17, 15) is 5.11 Å². The second kappa shape index (κ2) is 4.25. The number of aromatic nitrogens is 2. The second-order valence-corrected chi connectivity index (χ2v) is 4.41. The SMILES string of the molecule is CCCc1nc(N)cc(NC2(CO)CC2)n1. The van der Waals surface area contributed by atoms with Crippen LogP contribution in [0.3, 0.4) is 0 Å². The number of nitrogens with two attached hydrogens (primary N) is 1. The topological polar surface area (TPSA) is 84.1 Å². The highest BCUT2D eigenvalue weighted by Crippen LogP contribution is 2.37. The fraction of sp³-hybridized carbons (Fsp3) is 0.636. The minimum atomic E-state index is -0.162. The molecule has 0 aliphatic heterocycles. The van der Waals surface area contributed by atoms with E-state index in [1.165, 1.54) is 0 Å². The Morgan fingerprint density at radius 3 is 2.81 bits per heavy atom. The highest BCUT2D eigenvalue weighted by atomic mass is 16.3. The Bertz CT molecular complexity index is 376. The minimum absolute atomic E-state index is 0.139. The van der Waals surface area contributed by atoms with Gasteiger partial charge >= 0.3 is 0 Å². The molecule has 2 rings (SSSR count). The van der Waals surface area contributed by atoms with Gasteiger partial charge in [-0.15, -0.1) is 0 Å². The first-order chi connectivity index (χ1) is 7.67. The summed E-state index contributed by atoms with van der Waals surface area (Å²) < 4.78 is 0. The van der Waals surface area contributed by atoms with Crippen molar-refractivity contribution in [1.82, 2.24) is 9.97 Å². The highest BCUT2D eigenvalue weighted by molar-refractivity contribution is 5.48. The van der Waals surface area contributed by atoms with Gasteiger partial charge < -0.3 is 16.2 Å². The van der Waals surface area contributed by atoms with Crippen molar-refractivity contribution in [3.63, 3.8) is 0 Å². The predicted molar refractivity (Wildman–Crippen MR) is 63.1 cm³/mol. The fourth-order valence-electron chi connectivity index (χ4n) is 1.66. The molecule has 0 amide bonds. The molecule has 0 spiro atoms. The van der Waals surface area contributed by atoms with Crippen molar-refractivity contribution in [3.05, 3.63) is 11.9 Å². The smallest absolute Gasteiger partial charge is 0.133 e. The van der Waals surface area contributed by atoms with E-state index in [1.54, 1.807) is 6.07 Å². The first kappa shape index (κ1) is 11.1. The van der Waals surface area contributed by atoms with E-state index in [1.807, 2.05) is 0 Å². The van der Waals surface area contributed by atoms with Gasteiger partial charge in [-0.2, -0.15) is 0 Å². The molecule has 1 saturated carbocycles. The normalized spacial score (nSPS) is 17.1. The van der Waals surface area contributed by atoms with Crippen molar-refractivity contribution in [1.29, 1.82) is 0 Å². The largest absolute Gasteiger partial charge is 0.394 e. The van der Waals surface area contributed by atoms with Crippen LogP contribution in [0, 0.1) is 0 Å². The molecule has 1 heterocycles. The molecule has 1 fully saturated rings. The van der Waals surface area contributed by atoms with Crippen LogP contribution in [-0.4, -0.2) is 27.2 Å². The molecule has 1 aromatic heterocycles. The van der Waals surface area contributed by atoms with E-state index >= 15 is 0 Å². The molecular weight excluding hydrogens is 204 g/mol. The molecule has 0 bridgehead atoms. The van der Waals surface area contributed by atoms with Crippen LogP contribution in [0.1, 0.15) is 32.0 Å². The molecule has 0 saturated heterocycles. The molecule has 0 aromatic carbocycles. The van der Waals surface area contributed by atoms with Crippen molar-refractivity contribution in [3.8, 4) is 0 Å². The number of hydrogen-bond donors (Lipinski definition) is 3. The minimum Gasteiger partial charge on any atom is -0.394 e. The zero-order valence-corrected chi connectivity index (χ0v) is 9.53. The third-order valence-electron chi connectivity index (χ3n) is 2.82. The zero-order valence-electron chi connectivity index (χ0n) is 9.53. The van der Waals surface area contributed by atoms with E-state index in [0.717, 1.165) is 37.3 Å². The molecular formula is C11H18N4O. The summed E-state index contributed by atoms with van der Waals surface area (Å²) in [5.74, 6) is 1.97. The van der Waals surface area contributed by atoms with Crippen molar-refractivity contribution >= 4 is 11.6 Å². The van der Waals surface area contributed by atoms with Crippen LogP contribution >= 0.6 is 0 Å². The maximum atomic E-state index is 9.22. The van der Waals surface area contributed by atoms with E-state index < -0.39 is 0 Å². The van der Waals surface area contributed by atoms with Gasteiger partial charge in [-0.05, 0) is 19.3 Å². The van der Waals surface area contributed by atoms with Crippen LogP contribution in [0.25, 0.3) is 0 Å². The Labute approximate surface area is 95.1 Å². The number of rotatable bonds is 5. The first-order valence-electron chi connectivity index (χ1n) is 5.70. The first-order valence-corrected chi connectivity index (χ1v) is 5.70. The van der Waals surface area contributed by atoms with Crippen LogP contribution in [0.15, 0.2) is 6.07 Å². The Hall–Kier alpha value is -1.36. The maximum Gasteiger partial charge on any atom is 0.133 e. The number of anilines is 2. The molecule has 0 atom stereocenters. The number of hydrogen-bond acceptors (Lipinski definition) is 5. The van der Waals surface area contributed by atoms with Crippen molar-refractivity contribution < 1.29 is 5.11 Å². The number of nitrogen functional groups attached to an aromatic ring is 1. The Morgan fingerprint density at radius 1 is 1.50 bits per heavy atom. The summed E-state index contributed by atoms with van der Waals surface area (Å²) in [6.45, 7) is 2.22. The van der Waals surface area contributed by atoms with Crippen LogP contribution in [0.5, 0.6) is 0 Å². The lowest BCUT2D eigenvalue weighted by molar-refractivity contribution is 0.266. The third-order valence-corrected chi connectivity index (χ3v) is 2.82. The van der Waals surface area contributed by atoms with Crippen LogP contribution < -0.4 is 11.1 Å². The monoisotopic (exact) mass is 222 g/mol. The van der Waals surface area contributed by atoms with Gasteiger partial charge in [-0.3, -0.25) is 0 Å². The summed E-state index contributed by atoms with van der Waals surface area (Å²) in [6, 6.07) is 1.72. The van der Waals surface area contributed by atoms with E-state index in [2.05, 4.69) is 22.2 Å². The average Bonchev–Trinajstić information content (AvgIpc) is 2.98. The number of nitrogens with zero attached hydrogens (tertiary/aromatic N) is 2. The van der Waals surface area contributed by atoms with Gasteiger partial charge in [0.1, 0.15) is 17.5 Å². The lowest BCUT2D eigenvalue weighted by Crippen LogP contribution is -2.26. The van der Waals surface area contributed by atoms with Crippen molar-refractivity contribution in [2.75, 3.05) is 17.7 Å². The number of nitrogens with one attached hydrogen (secondary N) is 1. The summed E-state index contributed by atoms with van der Waals surface area (Å²) in [7, 11) is 0. The molecule has 1 aromatic rings. The summed E-state index contributed by atoms with van der Waals surface area (Å²) in [6.07, 6.45) is 3.78. The van der Waals surface area contributed by atoms with Gasteiger partial charge in [-0.1, -0.05) is 6.92 Å². The summed E-state index contributed by atoms with van der Waals surface area (Å²) in [5, 5.41) is 12.5. The summed E-state index contributed by atoms with van der Waals surface area (Å²) >= 11 is 0. The quantitative estimate of drug-likeness (QED) is 0.690. The second-order valence-electron chi connectivity index (χ2n) is 4.41. The van der Waals surface area contributed by atoms with Crippen LogP contribution in [-0.2, 0) is 6.42 Å². The predicted octanol–water partition coefficient (Wildman–Crippen LogP) is 0.948. The standard InChI is InChI=1S/C11H18N4O/c1-2-3-9-13-8(12)6-10(14-9)15-11(7-16)4-5-11/h6,16H,2-5,7H2,1H3,(H3,12,13,14,15). The molecule has 0 radical (unpaired) electrons. The van der Waals surface area contributed by atoms with Gasteiger partial charge in [0.2, 0.25) is 0 Å². The maximum absolute atomic E-state index is 9.22. The molecule has 0 unspecified atom stereocenters. The van der Waals surface area contributed by atoms with E-state index in [-0.39, 0.29) is 12.1 Å². The van der Waals surface area contributed by atoms with E-state index in [0.29, 0.717) is 5.82 Å². The lowest BCUT2D eigenvalue weighted by atomic mass is 10.3. The molecule has 1 aliphatic rings. The Morgan fingerprint density at radius 2 is 2.25 bits per heavy atom. The van der Waals surface area contributed by atoms with Crippen molar-refractivity contribution in [2.24, 2.45) is 0 Å². The lowest BCUT2D eigenvalue weighted by Gasteiger charge is -2.15. The fourth-order valence-corrected chi connectivity index (χ4v) is 1.66. The zero-order chi connectivity index (χ0) is 11.6. The number of aryl methyl sites for hydroxylation is 1. The van der Waals surface area contributed by atoms with Crippen LogP contribution in [0.2, 0.25) is 0 Å².